The molecule has 8 aromatic rings. The van der Waals surface area contributed by atoms with Crippen molar-refractivity contribution in [3.05, 3.63) is 192 Å². The fourth-order valence-corrected chi connectivity index (χ4v) is 10.0. The maximum atomic E-state index is 6.70. The summed E-state index contributed by atoms with van der Waals surface area (Å²) in [5.74, 6) is 3.67. The summed E-state index contributed by atoms with van der Waals surface area (Å²) >= 11 is 0. The Hall–Kier alpha value is -6.43. The number of aromatic nitrogens is 3. The third-order valence-electron chi connectivity index (χ3n) is 12.0. The molecule has 0 amide bonds. The molecule has 10 rings (SSSR count). The van der Waals surface area contributed by atoms with E-state index < -0.39 is 13.5 Å². The van der Waals surface area contributed by atoms with Gasteiger partial charge in [0.15, 0.2) is 17.5 Å². The number of hydrogen-bond acceptors (Lipinski definition) is 4. The van der Waals surface area contributed by atoms with Crippen molar-refractivity contribution in [2.45, 2.75) is 51.2 Å². The lowest BCUT2D eigenvalue weighted by Crippen LogP contribution is -2.37. The molecule has 0 bridgehead atoms. The molecule has 0 saturated heterocycles. The van der Waals surface area contributed by atoms with E-state index in [4.69, 9.17) is 19.7 Å². The molecule has 1 aromatic heterocycles. The van der Waals surface area contributed by atoms with Crippen molar-refractivity contribution >= 4 is 13.3 Å². The molecule has 1 spiro atoms. The lowest BCUT2D eigenvalue weighted by Gasteiger charge is -2.39. The number of fused-ring (bicyclic) bond motifs is 9. The van der Waals surface area contributed by atoms with E-state index in [2.05, 4.69) is 186 Å². The predicted molar refractivity (Wildman–Crippen MR) is 241 cm³/mol. The second-order valence-corrected chi connectivity index (χ2v) is 22.8. The van der Waals surface area contributed by atoms with E-state index in [0.29, 0.717) is 17.5 Å². The van der Waals surface area contributed by atoms with Gasteiger partial charge in [0.05, 0.1) is 13.5 Å². The first-order valence-corrected chi connectivity index (χ1v) is 23.7. The van der Waals surface area contributed by atoms with E-state index in [0.717, 1.165) is 39.3 Å². The Morgan fingerprint density at radius 3 is 1.43 bits per heavy atom. The van der Waals surface area contributed by atoms with Gasteiger partial charge in [0.2, 0.25) is 0 Å². The Morgan fingerprint density at radius 2 is 0.879 bits per heavy atom. The van der Waals surface area contributed by atoms with Crippen molar-refractivity contribution in [1.82, 2.24) is 15.0 Å². The number of rotatable bonds is 5. The first kappa shape index (κ1) is 35.9. The Morgan fingerprint density at radius 1 is 0.431 bits per heavy atom. The summed E-state index contributed by atoms with van der Waals surface area (Å²) in [7, 11) is -1.49. The van der Waals surface area contributed by atoms with Gasteiger partial charge >= 0.3 is 0 Å². The second-order valence-electron chi connectivity index (χ2n) is 17.7. The quantitative estimate of drug-likeness (QED) is 0.164. The Kier molecular flexibility index (Phi) is 8.26. The van der Waals surface area contributed by atoms with Gasteiger partial charge in [-0.05, 0) is 68.6 Å². The summed E-state index contributed by atoms with van der Waals surface area (Å²) < 4.78 is 6.70. The monoisotopic (exact) mass is 767 g/mol. The van der Waals surface area contributed by atoms with Gasteiger partial charge in [-0.2, -0.15) is 0 Å². The molecular weight excluding hydrogens is 723 g/mol. The molecule has 0 fully saturated rings. The third kappa shape index (κ3) is 5.83. The zero-order valence-corrected chi connectivity index (χ0v) is 34.8. The van der Waals surface area contributed by atoms with Crippen molar-refractivity contribution in [3.8, 4) is 67.9 Å². The third-order valence-corrected chi connectivity index (χ3v) is 14.0. The molecule has 7 aromatic carbocycles. The van der Waals surface area contributed by atoms with Crippen molar-refractivity contribution < 1.29 is 4.74 Å². The van der Waals surface area contributed by atoms with Crippen LogP contribution in [-0.4, -0.2) is 23.0 Å². The Labute approximate surface area is 342 Å². The molecule has 0 radical (unpaired) electrons. The molecule has 2 heterocycles. The van der Waals surface area contributed by atoms with E-state index in [-0.39, 0.29) is 5.41 Å². The molecule has 282 valence electrons. The molecule has 58 heavy (non-hydrogen) atoms. The van der Waals surface area contributed by atoms with Crippen LogP contribution in [0.1, 0.15) is 48.6 Å². The first-order valence-electron chi connectivity index (χ1n) is 20.2. The maximum Gasteiger partial charge on any atom is 0.164 e. The van der Waals surface area contributed by atoms with Gasteiger partial charge < -0.3 is 4.74 Å². The molecule has 1 aliphatic carbocycles. The number of ether oxygens (including phenoxy) is 1. The van der Waals surface area contributed by atoms with Gasteiger partial charge in [0.25, 0.3) is 0 Å². The van der Waals surface area contributed by atoms with E-state index in [1.807, 2.05) is 18.2 Å². The van der Waals surface area contributed by atoms with Crippen LogP contribution in [0.15, 0.2) is 164 Å². The van der Waals surface area contributed by atoms with Crippen molar-refractivity contribution in [3.63, 3.8) is 0 Å². The van der Waals surface area contributed by atoms with Gasteiger partial charge in [-0.15, -0.1) is 0 Å². The molecule has 0 atom stereocenters. The van der Waals surface area contributed by atoms with Gasteiger partial charge in [-0.3, -0.25) is 0 Å². The smallest absolute Gasteiger partial charge is 0.164 e. The van der Waals surface area contributed by atoms with E-state index in [1.165, 1.54) is 44.1 Å². The van der Waals surface area contributed by atoms with Gasteiger partial charge in [-0.25, -0.2) is 15.0 Å². The summed E-state index contributed by atoms with van der Waals surface area (Å²) in [6.07, 6.45) is 0. The molecule has 0 unspecified atom stereocenters. The Bertz CT molecular complexity index is 2820. The molecule has 0 N–H and O–H groups in total. The number of benzene rings is 7. The SMILES string of the molecule is CC(C)(C)c1ccc(-c2ccc3c(c2)C2(c4ccccc4Oc4ccccc42)c2cc(-c4nc(-c5ccccc5)nc(-c5ccc([Si](C)(C)C)cc5)n4)ccc2-3)cc1. The minimum atomic E-state index is -1.49. The molecule has 1 aliphatic heterocycles. The zero-order chi connectivity index (χ0) is 39.8. The average molecular weight is 768 g/mol. The van der Waals surface area contributed by atoms with Gasteiger partial charge in [0, 0.05) is 27.8 Å². The van der Waals surface area contributed by atoms with Crippen LogP contribution in [0.4, 0.5) is 0 Å². The highest BCUT2D eigenvalue weighted by atomic mass is 28.3. The summed E-state index contributed by atoms with van der Waals surface area (Å²) in [5, 5.41) is 1.40. The molecule has 4 nitrogen and oxygen atoms in total. The van der Waals surface area contributed by atoms with Crippen LogP contribution in [0.25, 0.3) is 56.4 Å². The lowest BCUT2D eigenvalue weighted by atomic mass is 9.65. The van der Waals surface area contributed by atoms with Crippen LogP contribution in [0.5, 0.6) is 11.5 Å². The minimum Gasteiger partial charge on any atom is -0.457 e. The van der Waals surface area contributed by atoms with Crippen LogP contribution in [-0.2, 0) is 10.8 Å². The standard InChI is InChI=1S/C53H45N3OSi/c1-52(2,3)39-26-20-34(21-27-39)37-24-30-41-42-31-25-38(33-46(42)53(45(41)32-37)43-16-10-12-18-47(43)57-48-19-13-11-17-44(48)53)51-55-49(35-14-8-7-9-15-35)54-50(56-51)36-22-28-40(29-23-36)58(4,5)6/h7-33H,1-6H3. The van der Waals surface area contributed by atoms with Crippen LogP contribution >= 0.6 is 0 Å². The van der Waals surface area contributed by atoms with Crippen molar-refractivity contribution in [2.75, 3.05) is 0 Å². The molecule has 2 aliphatic rings. The van der Waals surface area contributed by atoms with Gasteiger partial charge in [0.1, 0.15) is 11.5 Å². The predicted octanol–water partition coefficient (Wildman–Crippen LogP) is 12.9. The lowest BCUT2D eigenvalue weighted by molar-refractivity contribution is 0.436. The summed E-state index contributed by atoms with van der Waals surface area (Å²) in [4.78, 5) is 15.5. The number of para-hydroxylation sites is 2. The van der Waals surface area contributed by atoms with Crippen molar-refractivity contribution in [1.29, 1.82) is 0 Å². The zero-order valence-electron chi connectivity index (χ0n) is 33.8. The first-order chi connectivity index (χ1) is 28.0. The maximum absolute atomic E-state index is 6.70. The highest BCUT2D eigenvalue weighted by Crippen LogP contribution is 2.62. The molecule has 5 heteroatoms. The van der Waals surface area contributed by atoms with E-state index >= 15 is 0 Å². The van der Waals surface area contributed by atoms with Crippen molar-refractivity contribution in [2.24, 2.45) is 0 Å². The average Bonchev–Trinajstić information content (AvgIpc) is 3.52. The number of hydrogen-bond donors (Lipinski definition) is 0. The summed E-state index contributed by atoms with van der Waals surface area (Å²) in [5.41, 5.74) is 13.1. The van der Waals surface area contributed by atoms with E-state index in [9.17, 15) is 0 Å². The van der Waals surface area contributed by atoms with E-state index in [1.54, 1.807) is 0 Å². The van der Waals surface area contributed by atoms with Crippen LogP contribution < -0.4 is 9.92 Å². The van der Waals surface area contributed by atoms with Crippen LogP contribution in [0.2, 0.25) is 19.6 Å². The Balaban J connectivity index is 1.20. The highest BCUT2D eigenvalue weighted by Gasteiger charge is 2.51. The normalized spacial score (nSPS) is 13.6. The highest BCUT2D eigenvalue weighted by molar-refractivity contribution is 6.88. The topological polar surface area (TPSA) is 47.9 Å². The fourth-order valence-electron chi connectivity index (χ4n) is 8.85. The summed E-state index contributed by atoms with van der Waals surface area (Å²) in [6.45, 7) is 13.9. The molecule has 0 saturated carbocycles. The van der Waals surface area contributed by atoms with Crippen LogP contribution in [0, 0.1) is 0 Å². The fraction of sp³-hybridized carbons (Fsp3) is 0.151. The summed E-state index contributed by atoms with van der Waals surface area (Å²) in [6, 6.07) is 59.0. The second kappa shape index (κ2) is 13.3. The van der Waals surface area contributed by atoms with Crippen LogP contribution in [0.3, 0.4) is 0 Å². The molecular formula is C53H45N3OSi. The minimum absolute atomic E-state index is 0.0782. The largest absolute Gasteiger partial charge is 0.457 e. The number of nitrogens with zero attached hydrogens (tertiary/aromatic N) is 3. The van der Waals surface area contributed by atoms with Gasteiger partial charge in [-0.1, -0.05) is 185 Å².